The molecule has 0 saturated carbocycles. The minimum absolute atomic E-state index is 0. The number of esters is 1. The summed E-state index contributed by atoms with van der Waals surface area (Å²) in [6.07, 6.45) is 12.8. The Morgan fingerprint density at radius 3 is 1.02 bits per heavy atom. The molecule has 12 rings (SSSR count). The van der Waals surface area contributed by atoms with Gasteiger partial charge in [-0.3, -0.25) is 43.0 Å². The molecule has 4 aromatic carbocycles. The Balaban J connectivity index is 0.000000197. The van der Waals surface area contributed by atoms with Crippen LogP contribution >= 0.6 is 33.0 Å². The normalized spacial score (nSPS) is 10.1. The number of nitriles is 1. The number of aromatic amines is 4. The Bertz CT molecular complexity index is 4410. The fourth-order valence-electron chi connectivity index (χ4n) is 7.91. The summed E-state index contributed by atoms with van der Waals surface area (Å²) >= 11 is 5.38. The van der Waals surface area contributed by atoms with Gasteiger partial charge in [-0.15, -0.1) is 0 Å². The SMILES string of the molecule is CO.COC(=O)c1ccc(-n2c(=O)[nH]c3cnccc32)cc1.N#Cc1ccc(-n2c(=O)[nH]c3cnccc32)cc1.O=C(Cl)c1ccc(-n2c(=O)[nH]c3cnccc32)cc1.O=C(O)c1ccc(-n2c(=O)[nH]c3cnccc32)cc1.O=S(Cl)Cl.[K+].[OH-]. The van der Waals surface area contributed by atoms with E-state index in [4.69, 9.17) is 31.3 Å². The van der Waals surface area contributed by atoms with Gasteiger partial charge >= 0.3 is 86.1 Å². The first-order valence-corrected chi connectivity index (χ1v) is 26.5. The van der Waals surface area contributed by atoms with Gasteiger partial charge in [0.2, 0.25) is 9.23 Å². The third kappa shape index (κ3) is 15.9. The number of carboxylic acids is 1. The second-order valence-electron chi connectivity index (χ2n) is 16.2. The first kappa shape index (κ1) is 66.0. The third-order valence-electron chi connectivity index (χ3n) is 11.5. The predicted molar refractivity (Wildman–Crippen MR) is 310 cm³/mol. The number of aliphatic hydroxyl groups is 1. The number of rotatable bonds is 7. The van der Waals surface area contributed by atoms with Crippen LogP contribution in [0.2, 0.25) is 0 Å². The van der Waals surface area contributed by atoms with E-state index in [1.165, 1.54) is 32.9 Å². The number of nitrogens with zero attached hydrogens (tertiary/aromatic N) is 9. The van der Waals surface area contributed by atoms with Gasteiger partial charge in [-0.05, 0) is 133 Å². The van der Waals surface area contributed by atoms with Gasteiger partial charge in [0.15, 0.2) is 0 Å². The molecule has 422 valence electrons. The van der Waals surface area contributed by atoms with Crippen molar-refractivity contribution in [2.75, 3.05) is 14.2 Å². The first-order chi connectivity index (χ1) is 39.6. The number of imidazole rings is 4. The van der Waals surface area contributed by atoms with Crippen molar-refractivity contribution in [3.05, 3.63) is 235 Å². The number of aromatic nitrogens is 12. The summed E-state index contributed by atoms with van der Waals surface area (Å²) in [5.74, 6) is -1.41. The molecule has 8 heterocycles. The van der Waals surface area contributed by atoms with Gasteiger partial charge in [0.25, 0.3) is 5.24 Å². The molecule has 0 fully saturated rings. The number of fused-ring (bicyclic) bond motifs is 4. The van der Waals surface area contributed by atoms with Gasteiger partial charge in [0.05, 0.1) is 122 Å². The Morgan fingerprint density at radius 1 is 0.512 bits per heavy atom. The van der Waals surface area contributed by atoms with Crippen LogP contribution in [-0.2, 0) is 14.0 Å². The fraction of sp³-hybridized carbons (Fsp3) is 0.0370. The van der Waals surface area contributed by atoms with Crippen LogP contribution in [0, 0.1) is 11.3 Å². The number of aliphatic hydroxyl groups excluding tert-OH is 1. The van der Waals surface area contributed by atoms with Crippen LogP contribution in [0.1, 0.15) is 36.6 Å². The number of H-pyrrole nitrogens is 4. The van der Waals surface area contributed by atoms with Crippen molar-refractivity contribution in [1.82, 2.24) is 58.1 Å². The Morgan fingerprint density at radius 2 is 0.774 bits per heavy atom. The molecular formula is C54H41Cl3KN13O12S. The Hall–Kier alpha value is -8.76. The molecule has 8 aromatic heterocycles. The van der Waals surface area contributed by atoms with E-state index < -0.39 is 26.4 Å². The van der Waals surface area contributed by atoms with Crippen molar-refractivity contribution in [2.45, 2.75) is 0 Å². The van der Waals surface area contributed by atoms with E-state index >= 15 is 0 Å². The summed E-state index contributed by atoms with van der Waals surface area (Å²) < 4.78 is 19.8. The molecule has 0 unspecified atom stereocenters. The number of hydrogen-bond acceptors (Lipinski definition) is 16. The van der Waals surface area contributed by atoms with E-state index in [2.05, 4.69) is 66.0 Å². The van der Waals surface area contributed by atoms with E-state index in [0.717, 1.165) is 29.3 Å². The number of halogens is 3. The molecule has 0 saturated heterocycles. The van der Waals surface area contributed by atoms with Crippen molar-refractivity contribution < 1.29 is 90.4 Å². The molecule has 25 nitrogen and oxygen atoms in total. The van der Waals surface area contributed by atoms with Crippen LogP contribution in [0.4, 0.5) is 0 Å². The number of aromatic carboxylic acids is 1. The molecule has 0 bridgehead atoms. The van der Waals surface area contributed by atoms with Crippen LogP contribution in [0.25, 0.3) is 66.9 Å². The number of benzene rings is 4. The topological polar surface area (TPSA) is 374 Å². The monoisotopic (exact) mass is 1240 g/mol. The second-order valence-corrected chi connectivity index (χ2v) is 19.1. The molecule has 0 radical (unpaired) electrons. The summed E-state index contributed by atoms with van der Waals surface area (Å²) in [6.45, 7) is 0. The van der Waals surface area contributed by atoms with Crippen LogP contribution in [-0.4, -0.2) is 109 Å². The van der Waals surface area contributed by atoms with E-state index in [0.29, 0.717) is 61.3 Å². The summed E-state index contributed by atoms with van der Waals surface area (Å²) in [4.78, 5) is 108. The van der Waals surface area contributed by atoms with E-state index in [-0.39, 0.29) is 85.2 Å². The van der Waals surface area contributed by atoms with Crippen molar-refractivity contribution in [3.63, 3.8) is 0 Å². The molecule has 0 aliphatic rings. The molecule has 30 heteroatoms. The maximum Gasteiger partial charge on any atom is 1.00 e. The summed E-state index contributed by atoms with van der Waals surface area (Å²) in [5, 5.41) is 24.1. The minimum atomic E-state index is -1.67. The number of hydrogen-bond donors (Lipinski definition) is 6. The number of carbonyl (C=O) groups is 3. The maximum atomic E-state index is 12.0. The number of nitrogens with one attached hydrogen (secondary N) is 4. The number of carboxylic acid groups (broad SMARTS) is 1. The predicted octanol–water partition coefficient (Wildman–Crippen LogP) is 4.07. The van der Waals surface area contributed by atoms with Gasteiger partial charge in [0.1, 0.15) is 0 Å². The molecular weight excluding hydrogens is 1200 g/mol. The zero-order valence-electron chi connectivity index (χ0n) is 43.7. The summed E-state index contributed by atoms with van der Waals surface area (Å²) in [6, 6.07) is 35.1. The van der Waals surface area contributed by atoms with Crippen molar-refractivity contribution in [3.8, 4) is 28.8 Å². The van der Waals surface area contributed by atoms with Gasteiger partial charge in [-0.1, -0.05) is 0 Å². The number of methoxy groups -OCH3 is 1. The molecule has 7 N–H and O–H groups in total. The summed E-state index contributed by atoms with van der Waals surface area (Å²) in [5.41, 5.74) is 8.76. The largest absolute Gasteiger partial charge is 1.00 e. The standard InChI is InChI=1S/C14H11N3O3.C13H8ClN3O2.C13H8N4O.C13H9N3O3.CH4O.Cl2OS.K.H2O/c1-20-13(18)9-2-4-10(5-3-9)17-12-6-7-15-8-11(12)16-14(17)19;14-12(18)8-1-3-9(4-2-8)17-11-5-6-15-7-10(11)16-13(17)19;14-7-9-1-3-10(4-2-9)17-12-5-6-15-8-11(12)16-13(17)18;17-12(18)8-1-3-9(4-2-8)16-11-5-6-14-7-10(11)15-13(16)19;1-2;1-4(2)3;;/h2-8H,1H3,(H,16,19);1-7H,(H,16,19);1-6,8H,(H,16,18);1-7H,(H,15,19)(H,17,18);2H,1H3;;;1H2/q;;;;;;+1;/p-1. The molecule has 0 spiro atoms. The van der Waals surface area contributed by atoms with Crippen LogP contribution < -0.4 is 74.1 Å². The Labute approximate surface area is 530 Å². The molecule has 0 aliphatic heterocycles. The van der Waals surface area contributed by atoms with Gasteiger partial charge < -0.3 is 40.4 Å². The van der Waals surface area contributed by atoms with Gasteiger partial charge in [-0.2, -0.15) is 5.26 Å². The molecule has 84 heavy (non-hydrogen) atoms. The van der Waals surface area contributed by atoms with Crippen LogP contribution in [0.5, 0.6) is 0 Å². The average Bonchev–Trinajstić information content (AvgIpc) is 4.35. The van der Waals surface area contributed by atoms with Crippen molar-refractivity contribution >= 4 is 104 Å². The van der Waals surface area contributed by atoms with E-state index in [1.54, 1.807) is 163 Å². The summed E-state index contributed by atoms with van der Waals surface area (Å²) in [7, 11) is 9.68. The zero-order valence-corrected chi connectivity index (χ0v) is 50.0. The molecule has 12 aromatic rings. The maximum absolute atomic E-state index is 12.0. The number of pyridine rings is 4. The number of ether oxygens (including phenoxy) is 1. The molecule has 0 aliphatic carbocycles. The van der Waals surface area contributed by atoms with Gasteiger partial charge in [0, 0.05) is 58.8 Å². The van der Waals surface area contributed by atoms with E-state index in [9.17, 15) is 33.6 Å². The van der Waals surface area contributed by atoms with Crippen LogP contribution in [0.15, 0.2) is 190 Å². The zero-order chi connectivity index (χ0) is 59.0. The first-order valence-electron chi connectivity index (χ1n) is 23.3. The van der Waals surface area contributed by atoms with Crippen molar-refractivity contribution in [1.29, 1.82) is 5.26 Å². The molecule has 0 amide bonds. The molecule has 0 atom stereocenters. The Kier molecular flexibility index (Phi) is 24.4. The quantitative estimate of drug-likeness (QED) is 0.0744. The fourth-order valence-corrected chi connectivity index (χ4v) is 8.03. The second kappa shape index (κ2) is 31.1. The van der Waals surface area contributed by atoms with E-state index in [1.807, 2.05) is 6.07 Å². The average molecular weight is 1240 g/mol. The number of carbonyl (C=O) groups excluding carboxylic acids is 2. The van der Waals surface area contributed by atoms with Crippen molar-refractivity contribution in [2.24, 2.45) is 0 Å². The third-order valence-corrected chi connectivity index (χ3v) is 11.7. The van der Waals surface area contributed by atoms with Crippen LogP contribution in [0.3, 0.4) is 0 Å². The van der Waals surface area contributed by atoms with Gasteiger partial charge in [-0.25, -0.2) is 33.0 Å². The minimum Gasteiger partial charge on any atom is -0.870 e. The smallest absolute Gasteiger partial charge is 0.870 e.